The lowest BCUT2D eigenvalue weighted by molar-refractivity contribution is -0.120. The molecule has 1 rings (SSSR count). The highest BCUT2D eigenvalue weighted by molar-refractivity contribution is 5.97. The summed E-state index contributed by atoms with van der Waals surface area (Å²) in [7, 11) is 0. The minimum absolute atomic E-state index is 0.272. The van der Waals surface area contributed by atoms with Gasteiger partial charge in [-0.25, -0.2) is 13.2 Å². The summed E-state index contributed by atoms with van der Waals surface area (Å²) >= 11 is 0. The predicted molar refractivity (Wildman–Crippen MR) is 58.5 cm³/mol. The normalized spacial score (nSPS) is 10.6. The fraction of sp³-hybridized carbons (Fsp3) is 0.333. The van der Waals surface area contributed by atoms with Gasteiger partial charge in [-0.2, -0.15) is 0 Å². The van der Waals surface area contributed by atoms with E-state index in [1.54, 1.807) is 13.8 Å². The molecule has 18 heavy (non-hydrogen) atoms. The van der Waals surface area contributed by atoms with E-state index in [9.17, 15) is 22.8 Å². The Bertz CT molecular complexity index is 463. The summed E-state index contributed by atoms with van der Waals surface area (Å²) in [5.74, 6) is -5.37. The number of rotatable bonds is 4. The third-order valence-electron chi connectivity index (χ3n) is 2.30. The van der Waals surface area contributed by atoms with Crippen molar-refractivity contribution in [3.05, 3.63) is 35.1 Å². The number of carbonyl (C=O) groups is 2. The minimum atomic E-state index is -1.30. The summed E-state index contributed by atoms with van der Waals surface area (Å²) in [5, 5.41) is 2.09. The van der Waals surface area contributed by atoms with Crippen molar-refractivity contribution in [2.75, 3.05) is 6.54 Å². The molecule has 0 saturated carbocycles. The van der Waals surface area contributed by atoms with Gasteiger partial charge in [0.2, 0.25) is 0 Å². The molecule has 0 aliphatic heterocycles. The Morgan fingerprint density at radius 2 is 1.67 bits per heavy atom. The van der Waals surface area contributed by atoms with Gasteiger partial charge < -0.3 is 5.32 Å². The van der Waals surface area contributed by atoms with Gasteiger partial charge in [-0.15, -0.1) is 0 Å². The highest BCUT2D eigenvalue weighted by atomic mass is 19.1. The molecule has 0 atom stereocenters. The Kier molecular flexibility index (Phi) is 4.47. The van der Waals surface area contributed by atoms with Crippen molar-refractivity contribution >= 4 is 11.7 Å². The summed E-state index contributed by atoms with van der Waals surface area (Å²) < 4.78 is 39.1. The van der Waals surface area contributed by atoms with Crippen LogP contribution in [-0.2, 0) is 4.79 Å². The largest absolute Gasteiger partial charge is 0.345 e. The quantitative estimate of drug-likeness (QED) is 0.899. The van der Waals surface area contributed by atoms with Crippen molar-refractivity contribution in [1.82, 2.24) is 5.32 Å². The van der Waals surface area contributed by atoms with E-state index in [-0.39, 0.29) is 18.2 Å². The van der Waals surface area contributed by atoms with Crippen LogP contribution in [0.4, 0.5) is 13.2 Å². The molecule has 0 saturated heterocycles. The Hall–Kier alpha value is -1.85. The molecule has 0 spiro atoms. The van der Waals surface area contributed by atoms with Gasteiger partial charge in [0.25, 0.3) is 5.91 Å². The standard InChI is InChI=1S/C12H12F3NO2/c1-6(2)10(17)5-16-12(18)11-8(14)3-7(13)4-9(11)15/h3-4,6H,5H2,1-2H3,(H,16,18). The number of hydrogen-bond donors (Lipinski definition) is 1. The van der Waals surface area contributed by atoms with Crippen LogP contribution in [0.2, 0.25) is 0 Å². The summed E-state index contributed by atoms with van der Waals surface area (Å²) in [6.45, 7) is 2.94. The first-order valence-electron chi connectivity index (χ1n) is 5.28. The second kappa shape index (κ2) is 5.66. The molecule has 0 unspecified atom stereocenters. The van der Waals surface area contributed by atoms with Gasteiger partial charge in [0.1, 0.15) is 23.0 Å². The molecule has 0 aliphatic carbocycles. The van der Waals surface area contributed by atoms with Gasteiger partial charge in [-0.3, -0.25) is 9.59 Å². The summed E-state index contributed by atoms with van der Waals surface area (Å²) in [4.78, 5) is 22.7. The Morgan fingerprint density at radius 3 is 2.11 bits per heavy atom. The molecular formula is C12H12F3NO2. The van der Waals surface area contributed by atoms with E-state index in [4.69, 9.17) is 0 Å². The van der Waals surface area contributed by atoms with Crippen LogP contribution in [0.15, 0.2) is 12.1 Å². The molecular weight excluding hydrogens is 247 g/mol. The zero-order valence-electron chi connectivity index (χ0n) is 9.89. The van der Waals surface area contributed by atoms with E-state index in [0.717, 1.165) is 0 Å². The van der Waals surface area contributed by atoms with E-state index in [0.29, 0.717) is 12.1 Å². The Morgan fingerprint density at radius 1 is 1.17 bits per heavy atom. The molecule has 1 amide bonds. The molecule has 98 valence electrons. The smallest absolute Gasteiger partial charge is 0.257 e. The molecule has 1 aromatic carbocycles. The molecule has 0 heterocycles. The van der Waals surface area contributed by atoms with Crippen molar-refractivity contribution in [1.29, 1.82) is 0 Å². The predicted octanol–water partition coefficient (Wildman–Crippen LogP) is 2.06. The molecule has 0 aliphatic rings. The topological polar surface area (TPSA) is 46.2 Å². The van der Waals surface area contributed by atoms with Crippen molar-refractivity contribution < 1.29 is 22.8 Å². The number of carbonyl (C=O) groups excluding carboxylic acids is 2. The van der Waals surface area contributed by atoms with Crippen molar-refractivity contribution in [2.45, 2.75) is 13.8 Å². The highest BCUT2D eigenvalue weighted by Crippen LogP contribution is 2.14. The van der Waals surface area contributed by atoms with Crippen LogP contribution in [-0.4, -0.2) is 18.2 Å². The number of Topliss-reactive ketones (excluding diaryl/α,β-unsaturated/α-hetero) is 1. The van der Waals surface area contributed by atoms with E-state index < -0.39 is 28.9 Å². The number of halogens is 3. The first kappa shape index (κ1) is 14.2. The molecule has 1 N–H and O–H groups in total. The van der Waals surface area contributed by atoms with Crippen LogP contribution in [0, 0.1) is 23.4 Å². The number of nitrogens with one attached hydrogen (secondary N) is 1. The van der Waals surface area contributed by atoms with Crippen LogP contribution in [0.3, 0.4) is 0 Å². The average molecular weight is 259 g/mol. The van der Waals surface area contributed by atoms with E-state index in [1.165, 1.54) is 0 Å². The second-order valence-corrected chi connectivity index (χ2v) is 4.05. The van der Waals surface area contributed by atoms with E-state index >= 15 is 0 Å². The van der Waals surface area contributed by atoms with Crippen LogP contribution in [0.1, 0.15) is 24.2 Å². The number of ketones is 1. The lowest BCUT2D eigenvalue weighted by atomic mass is 10.1. The van der Waals surface area contributed by atoms with Gasteiger partial charge in [-0.05, 0) is 0 Å². The van der Waals surface area contributed by atoms with Crippen molar-refractivity contribution in [3.8, 4) is 0 Å². The van der Waals surface area contributed by atoms with Gasteiger partial charge in [0.15, 0.2) is 5.78 Å². The van der Waals surface area contributed by atoms with Gasteiger partial charge >= 0.3 is 0 Å². The Balaban J connectivity index is 2.83. The molecule has 1 aromatic rings. The zero-order valence-corrected chi connectivity index (χ0v) is 9.89. The molecule has 3 nitrogen and oxygen atoms in total. The fourth-order valence-corrected chi connectivity index (χ4v) is 1.22. The summed E-state index contributed by atoms with van der Waals surface area (Å²) in [6, 6.07) is 0.810. The molecule has 0 aromatic heterocycles. The second-order valence-electron chi connectivity index (χ2n) is 4.05. The van der Waals surface area contributed by atoms with E-state index in [1.807, 2.05) is 0 Å². The first-order valence-corrected chi connectivity index (χ1v) is 5.28. The van der Waals surface area contributed by atoms with Crippen LogP contribution < -0.4 is 5.32 Å². The third kappa shape index (κ3) is 3.32. The third-order valence-corrected chi connectivity index (χ3v) is 2.30. The van der Waals surface area contributed by atoms with Crippen molar-refractivity contribution in [2.24, 2.45) is 5.92 Å². The summed E-state index contributed by atoms with van der Waals surface area (Å²) in [5.41, 5.74) is -0.895. The lowest BCUT2D eigenvalue weighted by Crippen LogP contribution is -2.32. The number of hydrogen-bond acceptors (Lipinski definition) is 2. The van der Waals surface area contributed by atoms with Gasteiger partial charge in [0, 0.05) is 18.1 Å². The summed E-state index contributed by atoms with van der Waals surface area (Å²) in [6.07, 6.45) is 0. The molecule has 6 heteroatoms. The van der Waals surface area contributed by atoms with Crippen LogP contribution in [0.5, 0.6) is 0 Å². The number of benzene rings is 1. The van der Waals surface area contributed by atoms with Gasteiger partial charge in [0.05, 0.1) is 6.54 Å². The first-order chi connectivity index (χ1) is 8.32. The maximum atomic E-state index is 13.2. The van der Waals surface area contributed by atoms with Gasteiger partial charge in [-0.1, -0.05) is 13.8 Å². The maximum Gasteiger partial charge on any atom is 0.257 e. The zero-order chi connectivity index (χ0) is 13.9. The molecule has 0 bridgehead atoms. The lowest BCUT2D eigenvalue weighted by Gasteiger charge is -2.08. The maximum absolute atomic E-state index is 13.2. The van der Waals surface area contributed by atoms with Crippen LogP contribution >= 0.6 is 0 Å². The highest BCUT2D eigenvalue weighted by Gasteiger charge is 2.19. The average Bonchev–Trinajstić information content (AvgIpc) is 2.24. The SMILES string of the molecule is CC(C)C(=O)CNC(=O)c1c(F)cc(F)cc1F. The monoisotopic (exact) mass is 259 g/mol. The van der Waals surface area contributed by atoms with E-state index in [2.05, 4.69) is 5.32 Å². The van der Waals surface area contributed by atoms with Crippen molar-refractivity contribution in [3.63, 3.8) is 0 Å². The fourth-order valence-electron chi connectivity index (χ4n) is 1.22. The number of amides is 1. The minimum Gasteiger partial charge on any atom is -0.345 e. The molecule has 0 fully saturated rings. The molecule has 0 radical (unpaired) electrons. The van der Waals surface area contributed by atoms with Crippen LogP contribution in [0.25, 0.3) is 0 Å². The Labute approximate surface area is 102 Å².